The van der Waals surface area contributed by atoms with Crippen LogP contribution >= 0.6 is 20.8 Å². The summed E-state index contributed by atoms with van der Waals surface area (Å²) in [5.74, 6) is 0.333. The van der Waals surface area contributed by atoms with E-state index < -0.39 is 5.31 Å². The topological polar surface area (TPSA) is 34.1 Å². The Hall–Kier alpha value is -1.75. The Bertz CT molecular complexity index is 968. The number of carbonyl (C=O) groups excluding carboxylic acids is 2. The van der Waals surface area contributed by atoms with Gasteiger partial charge >= 0.3 is 153 Å². The van der Waals surface area contributed by atoms with E-state index in [1.165, 1.54) is 61.2 Å². The van der Waals surface area contributed by atoms with E-state index in [-0.39, 0.29) is 30.4 Å². The standard InChI is InChI=1S/C19H18BrP.C6H12.C4H9.2C3H6O.Li/c1-21(20,17-11-5-2-6-12-17,18-13-7-3-8-14-18)19-15-9-4-10-16-19;1-5(2)6(3)4;1-3-4-2;2*1-3(2)4;/h2-16H,1H3;1-4H3;1,3-4H2,2H3;2*1-2H3;/q;;-1;;;+1. The molecular formula is C35H51BrLiO2P. The van der Waals surface area contributed by atoms with Crippen molar-refractivity contribution in [2.75, 3.05) is 6.66 Å². The molecule has 0 aliphatic carbocycles. The first kappa shape index (κ1) is 42.7. The normalized spacial score (nSPS) is 10.2. The van der Waals surface area contributed by atoms with Crippen LogP contribution in [0, 0.1) is 6.92 Å². The molecule has 216 valence electrons. The first-order valence-corrected chi connectivity index (χ1v) is 18.1. The van der Waals surface area contributed by atoms with Crippen molar-refractivity contribution in [2.45, 2.75) is 75.2 Å². The summed E-state index contributed by atoms with van der Waals surface area (Å²) >= 11 is 4.24. The second kappa shape index (κ2) is 22.9. The number of hydrogen-bond acceptors (Lipinski definition) is 2. The molecule has 3 aromatic carbocycles. The number of carbonyl (C=O) groups is 2. The number of hydrogen-bond donors (Lipinski definition) is 0. The van der Waals surface area contributed by atoms with Crippen LogP contribution in [0.15, 0.2) is 102 Å². The Balaban J connectivity index is -0.000000595. The smallest absolute Gasteiger partial charge is 0.343 e. The van der Waals surface area contributed by atoms with Crippen LogP contribution in [0.5, 0.6) is 0 Å². The maximum atomic E-state index is 9.44. The largest absolute Gasteiger partial charge is 1.00 e. The third-order valence-electron chi connectivity index (χ3n) is 5.46. The molecule has 0 saturated heterocycles. The van der Waals surface area contributed by atoms with Crippen LogP contribution in [0.3, 0.4) is 0 Å². The average molecular weight is 622 g/mol. The van der Waals surface area contributed by atoms with Gasteiger partial charge in [-0.15, -0.1) is 0 Å². The molecule has 0 heterocycles. The van der Waals surface area contributed by atoms with Crippen molar-refractivity contribution in [2.24, 2.45) is 0 Å². The summed E-state index contributed by atoms with van der Waals surface area (Å²) in [5.41, 5.74) is 2.85. The Morgan fingerprint density at radius 2 is 0.775 bits per heavy atom. The third kappa shape index (κ3) is 17.1. The molecule has 0 bridgehead atoms. The van der Waals surface area contributed by atoms with Crippen molar-refractivity contribution in [3.63, 3.8) is 0 Å². The number of rotatable bonds is 4. The average Bonchev–Trinajstić information content (AvgIpc) is 2.90. The van der Waals surface area contributed by atoms with Gasteiger partial charge in [-0.2, -0.15) is 6.42 Å². The van der Waals surface area contributed by atoms with Gasteiger partial charge in [0.25, 0.3) is 0 Å². The van der Waals surface area contributed by atoms with Gasteiger partial charge < -0.3 is 16.5 Å². The summed E-state index contributed by atoms with van der Waals surface area (Å²) in [5, 5.41) is 1.48. The Morgan fingerprint density at radius 3 is 0.900 bits per heavy atom. The molecule has 3 aromatic rings. The Labute approximate surface area is 266 Å². The molecule has 0 atom stereocenters. The van der Waals surface area contributed by atoms with Crippen molar-refractivity contribution in [3.8, 4) is 0 Å². The molecule has 0 radical (unpaired) electrons. The zero-order valence-corrected chi connectivity index (χ0v) is 29.4. The van der Waals surface area contributed by atoms with E-state index in [0.29, 0.717) is 0 Å². The van der Waals surface area contributed by atoms with Crippen LogP contribution < -0.4 is 34.8 Å². The van der Waals surface area contributed by atoms with E-state index in [9.17, 15) is 9.59 Å². The predicted octanol–water partition coefficient (Wildman–Crippen LogP) is 6.63. The van der Waals surface area contributed by atoms with Crippen molar-refractivity contribution in [1.29, 1.82) is 0 Å². The van der Waals surface area contributed by atoms with E-state index in [4.69, 9.17) is 0 Å². The fourth-order valence-electron chi connectivity index (χ4n) is 2.79. The minimum Gasteiger partial charge on any atom is -0.343 e. The molecule has 0 unspecified atom stereocenters. The van der Waals surface area contributed by atoms with Gasteiger partial charge in [0.15, 0.2) is 0 Å². The van der Waals surface area contributed by atoms with E-state index in [1.807, 2.05) is 0 Å². The quantitative estimate of drug-likeness (QED) is 0.142. The molecular weight excluding hydrogens is 570 g/mol. The molecule has 40 heavy (non-hydrogen) atoms. The molecule has 0 spiro atoms. The number of Topliss-reactive ketones (excluding diaryl/α,β-unsaturated/α-hetero) is 2. The molecule has 2 nitrogen and oxygen atoms in total. The molecule has 0 saturated carbocycles. The number of unbranched alkanes of at least 4 members (excludes halogenated alkanes) is 1. The molecule has 3 rings (SSSR count). The Kier molecular flexibility index (Phi) is 24.4. The monoisotopic (exact) mass is 620 g/mol. The maximum absolute atomic E-state index is 9.44. The van der Waals surface area contributed by atoms with Crippen molar-refractivity contribution < 1.29 is 28.4 Å². The maximum Gasteiger partial charge on any atom is 1.00 e. The van der Waals surface area contributed by atoms with E-state index in [1.54, 1.807) is 0 Å². The van der Waals surface area contributed by atoms with Gasteiger partial charge in [0.2, 0.25) is 0 Å². The minimum absolute atomic E-state index is 0. The summed E-state index contributed by atoms with van der Waals surface area (Å²) in [6.07, 6.45) is 2.28. The van der Waals surface area contributed by atoms with Gasteiger partial charge in [0.05, 0.1) is 0 Å². The fourth-order valence-corrected chi connectivity index (χ4v) is 8.46. The summed E-state index contributed by atoms with van der Waals surface area (Å²) in [7, 11) is 0. The molecule has 0 N–H and O–H groups in total. The van der Waals surface area contributed by atoms with Crippen molar-refractivity contribution >= 4 is 48.3 Å². The minimum atomic E-state index is -2.56. The van der Waals surface area contributed by atoms with Crippen LogP contribution in [-0.2, 0) is 9.59 Å². The van der Waals surface area contributed by atoms with Crippen LogP contribution in [0.4, 0.5) is 0 Å². The van der Waals surface area contributed by atoms with Gasteiger partial charge in [0, 0.05) is 0 Å². The molecule has 0 amide bonds. The van der Waals surface area contributed by atoms with E-state index >= 15 is 0 Å². The van der Waals surface area contributed by atoms with Crippen LogP contribution in [0.25, 0.3) is 0 Å². The molecule has 5 heteroatoms. The second-order valence-corrected chi connectivity index (χ2v) is 19.8. The van der Waals surface area contributed by atoms with Crippen LogP contribution in [0.1, 0.15) is 75.2 Å². The molecule has 0 aliphatic rings. The zero-order valence-electron chi connectivity index (χ0n) is 26.9. The Morgan fingerprint density at radius 1 is 0.600 bits per heavy atom. The zero-order chi connectivity index (χ0) is 30.5. The van der Waals surface area contributed by atoms with Crippen LogP contribution in [0.2, 0.25) is 0 Å². The first-order valence-electron chi connectivity index (χ1n) is 13.4. The number of ketones is 2. The SMILES string of the molecule is CC(C)=C(C)C.CC(C)=O.CC(C)=O.CP(Br)(c1ccccc1)(c1ccccc1)c1ccccc1.[CH2-]CCC.[Li+]. The fraction of sp³-hybridized carbons (Fsp3) is 0.343. The van der Waals surface area contributed by atoms with E-state index in [0.717, 1.165) is 6.42 Å². The third-order valence-corrected chi connectivity index (χ3v) is 13.7. The predicted molar refractivity (Wildman–Crippen MR) is 183 cm³/mol. The van der Waals surface area contributed by atoms with Crippen molar-refractivity contribution in [1.82, 2.24) is 0 Å². The van der Waals surface area contributed by atoms with E-state index in [2.05, 4.69) is 155 Å². The summed E-state index contributed by atoms with van der Waals surface area (Å²) < 4.78 is 0. The van der Waals surface area contributed by atoms with Gasteiger partial charge in [0.1, 0.15) is 11.6 Å². The van der Waals surface area contributed by atoms with Gasteiger partial charge in [-0.1, -0.05) is 24.5 Å². The van der Waals surface area contributed by atoms with Crippen molar-refractivity contribution in [3.05, 3.63) is 109 Å². The van der Waals surface area contributed by atoms with Gasteiger partial charge in [-0.05, 0) is 55.4 Å². The van der Waals surface area contributed by atoms with Gasteiger partial charge in [-0.25, -0.2) is 0 Å². The number of allylic oxidation sites excluding steroid dienone is 2. The summed E-state index contributed by atoms with van der Waals surface area (Å²) in [6, 6.07) is 32.3. The molecule has 0 fully saturated rings. The first-order chi connectivity index (χ1) is 18.1. The molecule has 0 aromatic heterocycles. The van der Waals surface area contributed by atoms with Gasteiger partial charge in [-0.3, -0.25) is 0 Å². The summed E-state index contributed by atoms with van der Waals surface area (Å²) in [4.78, 5) is 18.9. The number of halogens is 1. The van der Waals surface area contributed by atoms with Crippen LogP contribution in [-0.4, -0.2) is 18.2 Å². The molecule has 0 aliphatic heterocycles. The second-order valence-electron chi connectivity index (χ2n) is 10.1. The summed E-state index contributed by atoms with van der Waals surface area (Å²) in [6.45, 7) is 22.7. The number of benzene rings is 3.